The lowest BCUT2D eigenvalue weighted by Crippen LogP contribution is -2.31. The largest absolute Gasteiger partial charge is 0.522 e. The van der Waals surface area contributed by atoms with Gasteiger partial charge in [0, 0.05) is 0 Å². The minimum absolute atomic E-state index is 0.115. The first-order valence-corrected chi connectivity index (χ1v) is 7.59. The van der Waals surface area contributed by atoms with Crippen molar-refractivity contribution in [2.45, 2.75) is 45.8 Å². The van der Waals surface area contributed by atoms with Gasteiger partial charge < -0.3 is 9.47 Å². The van der Waals surface area contributed by atoms with Crippen LogP contribution in [0, 0.1) is 5.92 Å². The zero-order chi connectivity index (χ0) is 19.1. The zero-order valence-corrected chi connectivity index (χ0v) is 14.3. The number of carbonyl (C=O) groups is 2. The van der Waals surface area contributed by atoms with E-state index in [1.165, 1.54) is 0 Å². The average Bonchev–Trinajstić information content (AvgIpc) is 2.47. The molecule has 1 atom stereocenters. The van der Waals surface area contributed by atoms with Crippen molar-refractivity contribution in [1.29, 1.82) is 0 Å². The van der Waals surface area contributed by atoms with Crippen LogP contribution in [0.1, 0.15) is 32.8 Å². The fourth-order valence-corrected chi connectivity index (χ4v) is 1.84. The topological polar surface area (TPSA) is 61.8 Å². The molecule has 0 saturated carbocycles. The third kappa shape index (κ3) is 9.71. The highest BCUT2D eigenvalue weighted by molar-refractivity contribution is 5.80. The zero-order valence-electron chi connectivity index (χ0n) is 14.3. The molecule has 0 aliphatic rings. The van der Waals surface area contributed by atoms with Crippen LogP contribution in [0.4, 0.5) is 13.2 Å². The van der Waals surface area contributed by atoms with Gasteiger partial charge in [-0.05, 0) is 26.3 Å². The SMILES string of the molecule is CC(C)(C)OC(=O)C[C@@H](COC(F)(F)F)C(=O)OCc1ccccc1. The molecule has 0 N–H and O–H groups in total. The van der Waals surface area contributed by atoms with Crippen LogP contribution >= 0.6 is 0 Å². The molecule has 0 aliphatic heterocycles. The molecule has 0 bridgehead atoms. The number of alkyl halides is 3. The van der Waals surface area contributed by atoms with E-state index in [-0.39, 0.29) is 6.61 Å². The number of benzene rings is 1. The maximum Gasteiger partial charge on any atom is 0.522 e. The highest BCUT2D eigenvalue weighted by atomic mass is 19.4. The Balaban J connectivity index is 2.68. The number of halogens is 3. The summed E-state index contributed by atoms with van der Waals surface area (Å²) in [5.74, 6) is -3.18. The van der Waals surface area contributed by atoms with Gasteiger partial charge in [-0.15, -0.1) is 13.2 Å². The average molecular weight is 362 g/mol. The van der Waals surface area contributed by atoms with Crippen molar-refractivity contribution in [3.05, 3.63) is 35.9 Å². The summed E-state index contributed by atoms with van der Waals surface area (Å²) in [6, 6.07) is 8.63. The number of rotatable bonds is 7. The Morgan fingerprint density at radius 3 is 2.20 bits per heavy atom. The highest BCUT2D eigenvalue weighted by Crippen LogP contribution is 2.21. The van der Waals surface area contributed by atoms with E-state index in [4.69, 9.17) is 9.47 Å². The first-order valence-electron chi connectivity index (χ1n) is 7.59. The molecule has 1 aromatic carbocycles. The van der Waals surface area contributed by atoms with Gasteiger partial charge in [-0.3, -0.25) is 14.3 Å². The van der Waals surface area contributed by atoms with Gasteiger partial charge in [-0.1, -0.05) is 30.3 Å². The van der Waals surface area contributed by atoms with Gasteiger partial charge in [-0.25, -0.2) is 0 Å². The summed E-state index contributed by atoms with van der Waals surface area (Å²) < 4.78 is 50.5. The Morgan fingerprint density at radius 1 is 1.08 bits per heavy atom. The summed E-state index contributed by atoms with van der Waals surface area (Å²) in [6.07, 6.45) is -5.48. The van der Waals surface area contributed by atoms with Gasteiger partial charge in [0.05, 0.1) is 18.9 Å². The molecule has 0 amide bonds. The quantitative estimate of drug-likeness (QED) is 0.694. The van der Waals surface area contributed by atoms with Crippen molar-refractivity contribution < 1.29 is 37.0 Å². The molecule has 5 nitrogen and oxygen atoms in total. The Hall–Kier alpha value is -2.09. The minimum Gasteiger partial charge on any atom is -0.461 e. The van der Waals surface area contributed by atoms with Crippen LogP contribution in [0.2, 0.25) is 0 Å². The number of hydrogen-bond acceptors (Lipinski definition) is 5. The molecule has 1 aromatic rings. The summed E-state index contributed by atoms with van der Waals surface area (Å²) >= 11 is 0. The summed E-state index contributed by atoms with van der Waals surface area (Å²) in [4.78, 5) is 23.9. The van der Waals surface area contributed by atoms with Crippen molar-refractivity contribution in [2.75, 3.05) is 6.61 Å². The standard InChI is InChI=1S/C17H21F3O5/c1-16(2,3)25-14(21)9-13(11-24-17(18,19)20)15(22)23-10-12-7-5-4-6-8-12/h4-8,13H,9-11H2,1-3H3/t13-/m0/s1. The van der Waals surface area contributed by atoms with E-state index in [1.54, 1.807) is 51.1 Å². The van der Waals surface area contributed by atoms with Gasteiger partial charge in [0.15, 0.2) is 0 Å². The summed E-state index contributed by atoms with van der Waals surface area (Å²) in [6.45, 7) is 3.70. The van der Waals surface area contributed by atoms with Crippen LogP contribution in [0.25, 0.3) is 0 Å². The van der Waals surface area contributed by atoms with Crippen molar-refractivity contribution in [3.63, 3.8) is 0 Å². The van der Waals surface area contributed by atoms with Crippen molar-refractivity contribution in [1.82, 2.24) is 0 Å². The summed E-state index contributed by atoms with van der Waals surface area (Å²) in [7, 11) is 0. The first kappa shape index (κ1) is 21.0. The minimum atomic E-state index is -4.91. The summed E-state index contributed by atoms with van der Waals surface area (Å²) in [5.41, 5.74) is -0.149. The Bertz CT molecular complexity index is 564. The lowest BCUT2D eigenvalue weighted by molar-refractivity contribution is -0.328. The van der Waals surface area contributed by atoms with Crippen molar-refractivity contribution in [3.8, 4) is 0 Å². The molecule has 0 heterocycles. The van der Waals surface area contributed by atoms with Crippen LogP contribution in [-0.4, -0.2) is 30.5 Å². The molecule has 0 unspecified atom stereocenters. The predicted molar refractivity (Wildman–Crippen MR) is 82.2 cm³/mol. The van der Waals surface area contributed by atoms with E-state index < -0.39 is 42.8 Å². The van der Waals surface area contributed by atoms with E-state index in [0.717, 1.165) is 0 Å². The molecular weight excluding hydrogens is 341 g/mol. The third-order valence-corrected chi connectivity index (χ3v) is 2.84. The fourth-order valence-electron chi connectivity index (χ4n) is 1.84. The Morgan fingerprint density at radius 2 is 1.68 bits per heavy atom. The van der Waals surface area contributed by atoms with Gasteiger partial charge in [-0.2, -0.15) is 0 Å². The molecular formula is C17H21F3O5. The lowest BCUT2D eigenvalue weighted by atomic mass is 10.1. The molecule has 0 spiro atoms. The molecule has 0 aromatic heterocycles. The second kappa shape index (κ2) is 8.84. The van der Waals surface area contributed by atoms with E-state index >= 15 is 0 Å². The molecule has 0 fully saturated rings. The monoisotopic (exact) mass is 362 g/mol. The lowest BCUT2D eigenvalue weighted by Gasteiger charge is -2.22. The third-order valence-electron chi connectivity index (χ3n) is 2.84. The number of esters is 2. The second-order valence-corrected chi connectivity index (χ2v) is 6.34. The smallest absolute Gasteiger partial charge is 0.461 e. The van der Waals surface area contributed by atoms with E-state index in [9.17, 15) is 22.8 Å². The summed E-state index contributed by atoms with van der Waals surface area (Å²) in [5, 5.41) is 0. The number of ether oxygens (including phenoxy) is 3. The molecule has 140 valence electrons. The predicted octanol–water partition coefficient (Wildman–Crippen LogP) is 3.61. The second-order valence-electron chi connectivity index (χ2n) is 6.34. The van der Waals surface area contributed by atoms with Gasteiger partial charge in [0.1, 0.15) is 12.2 Å². The molecule has 1 rings (SSSR count). The number of hydrogen-bond donors (Lipinski definition) is 0. The van der Waals surface area contributed by atoms with Crippen LogP contribution in [0.3, 0.4) is 0 Å². The Labute approximate surface area is 144 Å². The van der Waals surface area contributed by atoms with Gasteiger partial charge in [0.25, 0.3) is 0 Å². The van der Waals surface area contributed by atoms with Crippen LogP contribution in [0.5, 0.6) is 0 Å². The van der Waals surface area contributed by atoms with Crippen molar-refractivity contribution >= 4 is 11.9 Å². The molecule has 8 heteroatoms. The number of carbonyl (C=O) groups excluding carboxylic acids is 2. The van der Waals surface area contributed by atoms with Crippen LogP contribution in [0.15, 0.2) is 30.3 Å². The molecule has 0 saturated heterocycles. The fraction of sp³-hybridized carbons (Fsp3) is 0.529. The van der Waals surface area contributed by atoms with E-state index in [0.29, 0.717) is 5.56 Å². The van der Waals surface area contributed by atoms with Crippen LogP contribution < -0.4 is 0 Å². The maximum atomic E-state index is 12.2. The van der Waals surface area contributed by atoms with Gasteiger partial charge >= 0.3 is 18.3 Å². The van der Waals surface area contributed by atoms with E-state index in [1.807, 2.05) is 0 Å². The van der Waals surface area contributed by atoms with Gasteiger partial charge in [0.2, 0.25) is 0 Å². The van der Waals surface area contributed by atoms with E-state index in [2.05, 4.69) is 4.74 Å². The molecule has 0 aliphatic carbocycles. The molecule has 25 heavy (non-hydrogen) atoms. The molecule has 0 radical (unpaired) electrons. The van der Waals surface area contributed by atoms with Crippen molar-refractivity contribution in [2.24, 2.45) is 5.92 Å². The normalized spacial score (nSPS) is 13.2. The highest BCUT2D eigenvalue weighted by Gasteiger charge is 2.34. The maximum absolute atomic E-state index is 12.2. The Kier molecular flexibility index (Phi) is 7.41. The first-order chi connectivity index (χ1) is 11.5. The van der Waals surface area contributed by atoms with Crippen LogP contribution in [-0.2, 0) is 30.4 Å².